The van der Waals surface area contributed by atoms with Crippen molar-refractivity contribution < 1.29 is 45.4 Å². The van der Waals surface area contributed by atoms with Crippen LogP contribution in [0.4, 0.5) is 8.78 Å². The maximum Gasteiger partial charge on any atom is 1.00 e. The smallest absolute Gasteiger partial charge is 0.744 e. The summed E-state index contributed by atoms with van der Waals surface area (Å²) < 4.78 is 60.2. The summed E-state index contributed by atoms with van der Waals surface area (Å²) in [6, 6.07) is 7.26. The SMILES string of the molecule is O=C(c1ccccc1S(=O)(=O)[O-])c1c(F)cccc1F.[Li+]. The van der Waals surface area contributed by atoms with E-state index < -0.39 is 43.6 Å². The molecule has 4 nitrogen and oxygen atoms in total. The van der Waals surface area contributed by atoms with E-state index in [9.17, 15) is 26.5 Å². The Balaban J connectivity index is 0.00000220. The van der Waals surface area contributed by atoms with Gasteiger partial charge in [-0.05, 0) is 24.3 Å². The van der Waals surface area contributed by atoms with Gasteiger partial charge in [0.2, 0.25) is 0 Å². The van der Waals surface area contributed by atoms with E-state index in [2.05, 4.69) is 0 Å². The zero-order valence-electron chi connectivity index (χ0n) is 10.8. The molecule has 0 radical (unpaired) electrons. The van der Waals surface area contributed by atoms with Crippen molar-refractivity contribution >= 4 is 15.9 Å². The average Bonchev–Trinajstić information content (AvgIpc) is 2.37. The molecule has 0 fully saturated rings. The third kappa shape index (κ3) is 3.57. The van der Waals surface area contributed by atoms with Crippen molar-refractivity contribution in [3.8, 4) is 0 Å². The summed E-state index contributed by atoms with van der Waals surface area (Å²) in [6.45, 7) is 0. The summed E-state index contributed by atoms with van der Waals surface area (Å²) >= 11 is 0. The second-order valence-corrected chi connectivity index (χ2v) is 5.22. The zero-order valence-corrected chi connectivity index (χ0v) is 11.7. The molecule has 0 saturated heterocycles. The zero-order chi connectivity index (χ0) is 14.9. The molecular formula is C13H7F2LiO4S. The van der Waals surface area contributed by atoms with Crippen molar-refractivity contribution in [3.63, 3.8) is 0 Å². The van der Waals surface area contributed by atoms with Crippen LogP contribution < -0.4 is 18.9 Å². The first-order valence-electron chi connectivity index (χ1n) is 5.36. The van der Waals surface area contributed by atoms with Crippen LogP contribution in [0.1, 0.15) is 15.9 Å². The molecule has 0 aliphatic heterocycles. The van der Waals surface area contributed by atoms with Gasteiger partial charge >= 0.3 is 18.9 Å². The molecule has 8 heteroatoms. The molecule has 0 amide bonds. The topological polar surface area (TPSA) is 74.3 Å². The molecule has 0 spiro atoms. The standard InChI is InChI=1S/C13H8F2O4S.Li/c14-9-5-3-6-10(15)12(9)13(16)8-4-1-2-7-11(8)20(17,18)19;/h1-7H,(H,17,18,19);/q;+1/p-1. The molecule has 0 bridgehead atoms. The molecule has 0 heterocycles. The Labute approximate surface area is 131 Å². The third-order valence-electron chi connectivity index (χ3n) is 2.59. The normalized spacial score (nSPS) is 10.8. The first-order valence-corrected chi connectivity index (χ1v) is 6.77. The Morgan fingerprint density at radius 1 is 0.952 bits per heavy atom. The van der Waals surface area contributed by atoms with Crippen molar-refractivity contribution in [2.24, 2.45) is 0 Å². The first-order chi connectivity index (χ1) is 9.32. The molecule has 2 aromatic carbocycles. The fourth-order valence-electron chi connectivity index (χ4n) is 1.72. The monoisotopic (exact) mass is 304 g/mol. The van der Waals surface area contributed by atoms with Crippen LogP contribution in [0.3, 0.4) is 0 Å². The van der Waals surface area contributed by atoms with Crippen LogP contribution in [0, 0.1) is 11.6 Å². The molecule has 2 rings (SSSR count). The molecule has 0 N–H and O–H groups in total. The number of ketones is 1. The van der Waals surface area contributed by atoms with E-state index in [-0.39, 0.29) is 18.9 Å². The van der Waals surface area contributed by atoms with Crippen LogP contribution in [0.25, 0.3) is 0 Å². The minimum absolute atomic E-state index is 0. The molecule has 0 atom stereocenters. The summed E-state index contributed by atoms with van der Waals surface area (Å²) in [5.41, 5.74) is -1.46. The molecular weight excluding hydrogens is 297 g/mol. The van der Waals surface area contributed by atoms with Crippen molar-refractivity contribution in [1.29, 1.82) is 0 Å². The van der Waals surface area contributed by atoms with Gasteiger partial charge in [-0.2, -0.15) is 0 Å². The van der Waals surface area contributed by atoms with Gasteiger partial charge < -0.3 is 4.55 Å². The van der Waals surface area contributed by atoms with Crippen LogP contribution in [-0.4, -0.2) is 18.8 Å². The van der Waals surface area contributed by atoms with Crippen molar-refractivity contribution in [3.05, 3.63) is 65.2 Å². The Kier molecular flexibility index (Phi) is 5.42. The maximum absolute atomic E-state index is 13.5. The van der Waals surface area contributed by atoms with Gasteiger partial charge in [0.25, 0.3) is 0 Å². The van der Waals surface area contributed by atoms with Crippen molar-refractivity contribution in [1.82, 2.24) is 0 Å². The van der Waals surface area contributed by atoms with Gasteiger partial charge in [0.05, 0.1) is 10.5 Å². The third-order valence-corrected chi connectivity index (χ3v) is 3.49. The molecule has 0 unspecified atom stereocenters. The maximum atomic E-state index is 13.5. The largest absolute Gasteiger partial charge is 1.00 e. The summed E-state index contributed by atoms with van der Waals surface area (Å²) in [5.74, 6) is -3.46. The average molecular weight is 304 g/mol. The molecule has 21 heavy (non-hydrogen) atoms. The van der Waals surface area contributed by atoms with E-state index in [1.54, 1.807) is 0 Å². The van der Waals surface area contributed by atoms with E-state index in [0.717, 1.165) is 30.3 Å². The van der Waals surface area contributed by atoms with E-state index in [0.29, 0.717) is 0 Å². The Morgan fingerprint density at radius 3 is 2.00 bits per heavy atom. The number of hydrogen-bond donors (Lipinski definition) is 0. The first kappa shape index (κ1) is 17.5. The van der Waals surface area contributed by atoms with E-state index in [4.69, 9.17) is 0 Å². The Morgan fingerprint density at radius 2 is 1.48 bits per heavy atom. The number of rotatable bonds is 3. The number of carbonyl (C=O) groups is 1. The second-order valence-electron chi connectivity index (χ2n) is 3.88. The minimum Gasteiger partial charge on any atom is -0.744 e. The summed E-state index contributed by atoms with van der Waals surface area (Å²) in [7, 11) is -4.93. The van der Waals surface area contributed by atoms with Crippen LogP contribution in [0.2, 0.25) is 0 Å². The van der Waals surface area contributed by atoms with Crippen LogP contribution in [0.15, 0.2) is 47.4 Å². The number of halogens is 2. The quantitative estimate of drug-likeness (QED) is 0.419. The van der Waals surface area contributed by atoms with E-state index in [1.165, 1.54) is 12.1 Å². The predicted molar refractivity (Wildman–Crippen MR) is 64.2 cm³/mol. The number of hydrogen-bond acceptors (Lipinski definition) is 4. The number of carbonyl (C=O) groups excluding carboxylic acids is 1. The molecule has 0 aliphatic rings. The van der Waals surface area contributed by atoms with Gasteiger partial charge in [0.1, 0.15) is 21.8 Å². The van der Waals surface area contributed by atoms with Gasteiger partial charge in [0.15, 0.2) is 5.78 Å². The molecule has 0 aliphatic carbocycles. The van der Waals surface area contributed by atoms with Gasteiger partial charge in [0, 0.05) is 5.56 Å². The summed E-state index contributed by atoms with van der Waals surface area (Å²) in [4.78, 5) is 11.3. The van der Waals surface area contributed by atoms with Crippen LogP contribution >= 0.6 is 0 Å². The molecule has 104 valence electrons. The van der Waals surface area contributed by atoms with Crippen molar-refractivity contribution in [2.45, 2.75) is 4.90 Å². The molecule has 0 aromatic heterocycles. The van der Waals surface area contributed by atoms with Crippen LogP contribution in [-0.2, 0) is 10.1 Å². The van der Waals surface area contributed by atoms with E-state index in [1.807, 2.05) is 0 Å². The summed E-state index contributed by atoms with van der Waals surface area (Å²) in [5, 5.41) is 0. The van der Waals surface area contributed by atoms with Crippen LogP contribution in [0.5, 0.6) is 0 Å². The fourth-order valence-corrected chi connectivity index (χ4v) is 2.40. The molecule has 2 aromatic rings. The van der Waals surface area contributed by atoms with Gasteiger partial charge in [-0.3, -0.25) is 4.79 Å². The fraction of sp³-hybridized carbons (Fsp3) is 0. The molecule has 0 saturated carbocycles. The van der Waals surface area contributed by atoms with Gasteiger partial charge in [-0.1, -0.05) is 18.2 Å². The number of benzene rings is 2. The Hall–Kier alpha value is -1.52. The second kappa shape index (κ2) is 6.50. The van der Waals surface area contributed by atoms with Gasteiger partial charge in [-0.15, -0.1) is 0 Å². The summed E-state index contributed by atoms with van der Waals surface area (Å²) in [6.07, 6.45) is 0. The van der Waals surface area contributed by atoms with Crippen molar-refractivity contribution in [2.75, 3.05) is 0 Å². The predicted octanol–water partition coefficient (Wildman–Crippen LogP) is -0.896. The Bertz CT molecular complexity index is 770. The van der Waals surface area contributed by atoms with E-state index >= 15 is 0 Å². The minimum atomic E-state index is -4.93. The van der Waals surface area contributed by atoms with Gasteiger partial charge in [-0.25, -0.2) is 17.2 Å².